The van der Waals surface area contributed by atoms with Gasteiger partial charge >= 0.3 is 0 Å². The van der Waals surface area contributed by atoms with E-state index in [2.05, 4.69) is 23.5 Å². The van der Waals surface area contributed by atoms with Crippen molar-refractivity contribution in [2.24, 2.45) is 5.41 Å². The van der Waals surface area contributed by atoms with Crippen LogP contribution in [0, 0.1) is 16.7 Å². The zero-order valence-corrected chi connectivity index (χ0v) is 12.9. The molecule has 1 aromatic carbocycles. The fraction of sp³-hybridized carbons (Fsp3) is 0.556. The SMILES string of the molecule is CCCC(C#N)(CCC)C(=O)NC1CC1c1ccccc1. The maximum Gasteiger partial charge on any atom is 0.240 e. The molecule has 2 unspecified atom stereocenters. The van der Waals surface area contributed by atoms with Crippen LogP contribution in [0.2, 0.25) is 0 Å². The highest BCUT2D eigenvalue weighted by atomic mass is 16.2. The minimum absolute atomic E-state index is 0.0721. The fourth-order valence-corrected chi connectivity index (χ4v) is 3.10. The van der Waals surface area contributed by atoms with Gasteiger partial charge in [0.25, 0.3) is 0 Å². The molecule has 3 heteroatoms. The number of hydrogen-bond acceptors (Lipinski definition) is 2. The molecule has 112 valence electrons. The number of nitrogens with one attached hydrogen (secondary N) is 1. The highest BCUT2D eigenvalue weighted by molar-refractivity contribution is 5.86. The molecule has 1 aliphatic carbocycles. The van der Waals surface area contributed by atoms with Crippen molar-refractivity contribution in [3.8, 4) is 6.07 Å². The van der Waals surface area contributed by atoms with Crippen LogP contribution in [0.15, 0.2) is 30.3 Å². The summed E-state index contributed by atoms with van der Waals surface area (Å²) in [7, 11) is 0. The van der Waals surface area contributed by atoms with E-state index >= 15 is 0 Å². The number of hydrogen-bond donors (Lipinski definition) is 1. The van der Waals surface area contributed by atoms with Gasteiger partial charge in [0.2, 0.25) is 5.91 Å². The molecule has 0 aromatic heterocycles. The summed E-state index contributed by atoms with van der Waals surface area (Å²) < 4.78 is 0. The Morgan fingerprint density at radius 1 is 1.29 bits per heavy atom. The molecule has 0 heterocycles. The average molecular weight is 284 g/mol. The van der Waals surface area contributed by atoms with Crippen molar-refractivity contribution in [1.82, 2.24) is 5.32 Å². The summed E-state index contributed by atoms with van der Waals surface area (Å²) in [5, 5.41) is 12.6. The maximum absolute atomic E-state index is 12.6. The summed E-state index contributed by atoms with van der Waals surface area (Å²) in [5.74, 6) is 0.340. The van der Waals surface area contributed by atoms with Gasteiger partial charge in [-0.25, -0.2) is 0 Å². The number of carbonyl (C=O) groups excluding carboxylic acids is 1. The zero-order valence-electron chi connectivity index (χ0n) is 12.9. The Balaban J connectivity index is 1.99. The quantitative estimate of drug-likeness (QED) is 0.828. The Morgan fingerprint density at radius 2 is 1.90 bits per heavy atom. The lowest BCUT2D eigenvalue weighted by molar-refractivity contribution is -0.129. The minimum atomic E-state index is -0.840. The number of nitrogens with zero attached hydrogens (tertiary/aromatic N) is 1. The topological polar surface area (TPSA) is 52.9 Å². The highest BCUT2D eigenvalue weighted by Crippen LogP contribution is 2.41. The first-order valence-electron chi connectivity index (χ1n) is 7.94. The van der Waals surface area contributed by atoms with Crippen molar-refractivity contribution in [2.75, 3.05) is 0 Å². The van der Waals surface area contributed by atoms with Gasteiger partial charge in [0, 0.05) is 12.0 Å². The molecular weight excluding hydrogens is 260 g/mol. The Bertz CT molecular complexity index is 512. The molecule has 1 aliphatic rings. The third-order valence-corrected chi connectivity index (χ3v) is 4.34. The number of carbonyl (C=O) groups is 1. The van der Waals surface area contributed by atoms with Crippen LogP contribution < -0.4 is 5.32 Å². The van der Waals surface area contributed by atoms with Gasteiger partial charge in [-0.15, -0.1) is 0 Å². The van der Waals surface area contributed by atoms with Crippen LogP contribution in [0.4, 0.5) is 0 Å². The number of benzene rings is 1. The second kappa shape index (κ2) is 6.76. The van der Waals surface area contributed by atoms with E-state index in [1.54, 1.807) is 0 Å². The van der Waals surface area contributed by atoms with Gasteiger partial charge in [0.05, 0.1) is 6.07 Å². The van der Waals surface area contributed by atoms with Gasteiger partial charge < -0.3 is 5.32 Å². The van der Waals surface area contributed by atoms with E-state index in [0.29, 0.717) is 18.8 Å². The van der Waals surface area contributed by atoms with Crippen LogP contribution >= 0.6 is 0 Å². The van der Waals surface area contributed by atoms with Gasteiger partial charge in [-0.05, 0) is 24.8 Å². The van der Waals surface area contributed by atoms with Gasteiger partial charge in [-0.3, -0.25) is 4.79 Å². The Hall–Kier alpha value is -1.82. The molecule has 21 heavy (non-hydrogen) atoms. The smallest absolute Gasteiger partial charge is 0.240 e. The van der Waals surface area contributed by atoms with Crippen molar-refractivity contribution in [1.29, 1.82) is 5.26 Å². The van der Waals surface area contributed by atoms with Crippen LogP contribution in [0.5, 0.6) is 0 Å². The molecule has 0 spiro atoms. The number of amides is 1. The lowest BCUT2D eigenvalue weighted by Gasteiger charge is -2.24. The number of rotatable bonds is 7. The summed E-state index contributed by atoms with van der Waals surface area (Å²) in [6.07, 6.45) is 3.98. The zero-order chi connectivity index (χ0) is 15.3. The van der Waals surface area contributed by atoms with E-state index in [1.165, 1.54) is 5.56 Å². The first-order valence-corrected chi connectivity index (χ1v) is 7.94. The van der Waals surface area contributed by atoms with E-state index in [4.69, 9.17) is 0 Å². The second-order valence-corrected chi connectivity index (χ2v) is 6.03. The van der Waals surface area contributed by atoms with Crippen LogP contribution in [-0.2, 0) is 4.79 Å². The van der Waals surface area contributed by atoms with Gasteiger partial charge in [0.15, 0.2) is 0 Å². The lowest BCUT2D eigenvalue weighted by atomic mass is 9.79. The first-order chi connectivity index (χ1) is 10.2. The van der Waals surface area contributed by atoms with Crippen molar-refractivity contribution < 1.29 is 4.79 Å². The first kappa shape index (κ1) is 15.6. The van der Waals surface area contributed by atoms with E-state index < -0.39 is 5.41 Å². The van der Waals surface area contributed by atoms with Crippen molar-refractivity contribution in [3.05, 3.63) is 35.9 Å². The summed E-state index contributed by atoms with van der Waals surface area (Å²) >= 11 is 0. The third kappa shape index (κ3) is 3.44. The second-order valence-electron chi connectivity index (χ2n) is 6.03. The molecule has 1 N–H and O–H groups in total. The maximum atomic E-state index is 12.6. The molecule has 0 saturated heterocycles. The molecule has 1 fully saturated rings. The van der Waals surface area contributed by atoms with E-state index in [1.807, 2.05) is 32.0 Å². The summed E-state index contributed by atoms with van der Waals surface area (Å²) in [6, 6.07) is 12.8. The van der Waals surface area contributed by atoms with Crippen molar-refractivity contribution in [3.63, 3.8) is 0 Å². The molecular formula is C18H24N2O. The van der Waals surface area contributed by atoms with Gasteiger partial charge in [0.1, 0.15) is 5.41 Å². The number of nitriles is 1. The molecule has 1 aromatic rings. The van der Waals surface area contributed by atoms with E-state index in [9.17, 15) is 10.1 Å². The predicted molar refractivity (Wildman–Crippen MR) is 83.6 cm³/mol. The molecule has 2 rings (SSSR count). The lowest BCUT2D eigenvalue weighted by Crippen LogP contribution is -2.41. The molecule has 0 bridgehead atoms. The third-order valence-electron chi connectivity index (χ3n) is 4.34. The Labute approximate surface area is 127 Å². The molecule has 1 saturated carbocycles. The van der Waals surface area contributed by atoms with Crippen molar-refractivity contribution >= 4 is 5.91 Å². The standard InChI is InChI=1S/C18H24N2O/c1-3-10-18(13-19,11-4-2)17(21)20-16-12-15(16)14-8-6-5-7-9-14/h5-9,15-16H,3-4,10-12H2,1-2H3,(H,20,21). The molecule has 2 atom stereocenters. The summed E-state index contributed by atoms with van der Waals surface area (Å²) in [6.45, 7) is 4.05. The summed E-state index contributed by atoms with van der Waals surface area (Å²) in [4.78, 5) is 12.6. The minimum Gasteiger partial charge on any atom is -0.351 e. The van der Waals surface area contributed by atoms with Crippen molar-refractivity contribution in [2.45, 2.75) is 57.9 Å². The molecule has 3 nitrogen and oxygen atoms in total. The van der Waals surface area contributed by atoms with E-state index in [0.717, 1.165) is 19.3 Å². The van der Waals surface area contributed by atoms with Gasteiger partial charge in [-0.1, -0.05) is 57.0 Å². The average Bonchev–Trinajstić information content (AvgIpc) is 3.27. The summed E-state index contributed by atoms with van der Waals surface area (Å²) in [5.41, 5.74) is 0.434. The van der Waals surface area contributed by atoms with Crippen LogP contribution in [0.25, 0.3) is 0 Å². The normalized spacial score (nSPS) is 20.6. The molecule has 0 radical (unpaired) electrons. The monoisotopic (exact) mass is 284 g/mol. The Kier molecular flexibility index (Phi) is 5.01. The highest BCUT2D eigenvalue weighted by Gasteiger charge is 2.44. The van der Waals surface area contributed by atoms with Gasteiger partial charge in [-0.2, -0.15) is 5.26 Å². The largest absolute Gasteiger partial charge is 0.351 e. The molecule has 1 amide bonds. The van der Waals surface area contributed by atoms with Crippen LogP contribution in [-0.4, -0.2) is 11.9 Å². The molecule has 0 aliphatic heterocycles. The predicted octanol–water partition coefficient (Wildman–Crippen LogP) is 3.77. The van der Waals surface area contributed by atoms with E-state index in [-0.39, 0.29) is 11.9 Å². The Morgan fingerprint density at radius 3 is 2.43 bits per heavy atom. The van der Waals surface area contributed by atoms with Crippen LogP contribution in [0.1, 0.15) is 57.4 Å². The van der Waals surface area contributed by atoms with Crippen LogP contribution in [0.3, 0.4) is 0 Å². The fourth-order valence-electron chi connectivity index (χ4n) is 3.10.